The van der Waals surface area contributed by atoms with Crippen LogP contribution < -0.4 is 5.32 Å². The van der Waals surface area contributed by atoms with Crippen LogP contribution in [0.15, 0.2) is 30.5 Å². The highest BCUT2D eigenvalue weighted by atomic mass is 19.1. The van der Waals surface area contributed by atoms with E-state index in [2.05, 4.69) is 10.4 Å². The number of nitro groups is 1. The highest BCUT2D eigenvalue weighted by Crippen LogP contribution is 2.20. The molecule has 1 N–H and O–H groups in total. The number of aromatic nitrogens is 2. The molecule has 0 bridgehead atoms. The second-order valence-electron chi connectivity index (χ2n) is 3.67. The monoisotopic (exact) mass is 250 g/mol. The molecule has 2 rings (SSSR count). The van der Waals surface area contributed by atoms with Gasteiger partial charge in [0.2, 0.25) is 5.82 Å². The van der Waals surface area contributed by atoms with E-state index in [1.807, 2.05) is 0 Å². The van der Waals surface area contributed by atoms with Crippen LogP contribution in [0.1, 0.15) is 5.69 Å². The average Bonchev–Trinajstić information content (AvgIpc) is 2.77. The van der Waals surface area contributed by atoms with Crippen LogP contribution in [0.2, 0.25) is 0 Å². The molecule has 0 saturated heterocycles. The van der Waals surface area contributed by atoms with Gasteiger partial charge in [0, 0.05) is 24.9 Å². The molecule has 18 heavy (non-hydrogen) atoms. The number of benzene rings is 1. The molecule has 7 heteroatoms. The molecule has 0 saturated carbocycles. The molecule has 0 spiro atoms. The molecule has 1 aromatic carbocycles. The Morgan fingerprint density at radius 3 is 2.89 bits per heavy atom. The van der Waals surface area contributed by atoms with Crippen molar-refractivity contribution in [2.24, 2.45) is 0 Å². The van der Waals surface area contributed by atoms with Gasteiger partial charge in [0.15, 0.2) is 0 Å². The fourth-order valence-electron chi connectivity index (χ4n) is 1.57. The van der Waals surface area contributed by atoms with Gasteiger partial charge in [-0.3, -0.25) is 10.1 Å². The summed E-state index contributed by atoms with van der Waals surface area (Å²) in [6.45, 7) is 0.600. The Bertz CT molecular complexity index is 582. The molecule has 0 aliphatic rings. The number of nitrogens with zero attached hydrogens (tertiary/aromatic N) is 3. The van der Waals surface area contributed by atoms with E-state index in [9.17, 15) is 14.5 Å². The van der Waals surface area contributed by atoms with E-state index in [4.69, 9.17) is 0 Å². The van der Waals surface area contributed by atoms with Crippen molar-refractivity contribution in [2.45, 2.75) is 6.54 Å². The van der Waals surface area contributed by atoms with Crippen molar-refractivity contribution in [1.82, 2.24) is 15.1 Å². The zero-order chi connectivity index (χ0) is 13.1. The van der Waals surface area contributed by atoms with Crippen LogP contribution in [-0.2, 0) is 6.54 Å². The van der Waals surface area contributed by atoms with Crippen molar-refractivity contribution >= 4 is 5.69 Å². The first-order chi connectivity index (χ1) is 8.61. The first kappa shape index (κ1) is 12.2. The van der Waals surface area contributed by atoms with Gasteiger partial charge in [0.1, 0.15) is 0 Å². The van der Waals surface area contributed by atoms with Gasteiger partial charge in [-0.25, -0.2) is 4.68 Å². The second-order valence-corrected chi connectivity index (χ2v) is 3.67. The summed E-state index contributed by atoms with van der Waals surface area (Å²) in [5, 5.41) is 17.6. The molecule has 0 unspecified atom stereocenters. The number of nitro benzene ring substituents is 1. The highest BCUT2D eigenvalue weighted by molar-refractivity contribution is 5.41. The van der Waals surface area contributed by atoms with Crippen LogP contribution in [0.3, 0.4) is 0 Å². The molecule has 0 fully saturated rings. The van der Waals surface area contributed by atoms with Gasteiger partial charge in [-0.05, 0) is 19.2 Å². The maximum atomic E-state index is 13.4. The van der Waals surface area contributed by atoms with Crippen LogP contribution >= 0.6 is 0 Å². The summed E-state index contributed by atoms with van der Waals surface area (Å²) in [5.41, 5.74) is 0.707. The van der Waals surface area contributed by atoms with E-state index in [0.29, 0.717) is 12.2 Å². The van der Waals surface area contributed by atoms with Gasteiger partial charge in [-0.2, -0.15) is 9.49 Å². The molecule has 0 amide bonds. The van der Waals surface area contributed by atoms with Crippen molar-refractivity contribution < 1.29 is 9.31 Å². The highest BCUT2D eigenvalue weighted by Gasteiger charge is 2.14. The Kier molecular flexibility index (Phi) is 3.33. The summed E-state index contributed by atoms with van der Waals surface area (Å²) < 4.78 is 14.9. The summed E-state index contributed by atoms with van der Waals surface area (Å²) in [6.07, 6.45) is 1.67. The van der Waals surface area contributed by atoms with Crippen LogP contribution in [0.25, 0.3) is 5.69 Å². The number of nitrogens with one attached hydrogen (secondary N) is 1. The lowest BCUT2D eigenvalue weighted by Crippen LogP contribution is -2.06. The lowest BCUT2D eigenvalue weighted by molar-refractivity contribution is -0.387. The van der Waals surface area contributed by atoms with E-state index in [1.54, 1.807) is 19.3 Å². The largest absolute Gasteiger partial charge is 0.314 e. The SMILES string of the molecule is CNCc1ccn(-c2ccc([N+](=O)[O-])c(F)c2)n1. The molecule has 1 aromatic heterocycles. The molecule has 94 valence electrons. The summed E-state index contributed by atoms with van der Waals surface area (Å²) in [7, 11) is 1.80. The van der Waals surface area contributed by atoms with Gasteiger partial charge >= 0.3 is 5.69 Å². The average molecular weight is 250 g/mol. The van der Waals surface area contributed by atoms with Crippen molar-refractivity contribution in [2.75, 3.05) is 7.05 Å². The van der Waals surface area contributed by atoms with Crippen molar-refractivity contribution in [3.63, 3.8) is 0 Å². The second kappa shape index (κ2) is 4.92. The van der Waals surface area contributed by atoms with Gasteiger partial charge in [-0.1, -0.05) is 0 Å². The van der Waals surface area contributed by atoms with E-state index in [1.165, 1.54) is 10.7 Å². The van der Waals surface area contributed by atoms with Crippen LogP contribution in [0.5, 0.6) is 0 Å². The number of halogens is 1. The van der Waals surface area contributed by atoms with Crippen molar-refractivity contribution in [3.8, 4) is 5.69 Å². The third kappa shape index (κ3) is 2.35. The molecule has 0 radical (unpaired) electrons. The topological polar surface area (TPSA) is 73.0 Å². The third-order valence-corrected chi connectivity index (χ3v) is 2.39. The maximum absolute atomic E-state index is 13.4. The molecule has 6 nitrogen and oxygen atoms in total. The lowest BCUT2D eigenvalue weighted by atomic mass is 10.3. The Balaban J connectivity index is 2.33. The molecular formula is C11H11FN4O2. The molecule has 0 aliphatic heterocycles. The maximum Gasteiger partial charge on any atom is 0.304 e. The molecule has 1 heterocycles. The van der Waals surface area contributed by atoms with E-state index < -0.39 is 16.4 Å². The molecular weight excluding hydrogens is 239 g/mol. The van der Waals surface area contributed by atoms with Gasteiger partial charge in [0.05, 0.1) is 16.3 Å². The molecule has 0 atom stereocenters. The predicted molar refractivity (Wildman–Crippen MR) is 62.9 cm³/mol. The Morgan fingerprint density at radius 2 is 2.28 bits per heavy atom. The minimum Gasteiger partial charge on any atom is -0.314 e. The summed E-state index contributed by atoms with van der Waals surface area (Å²) >= 11 is 0. The quantitative estimate of drug-likeness (QED) is 0.661. The van der Waals surface area contributed by atoms with Crippen molar-refractivity contribution in [1.29, 1.82) is 0 Å². The van der Waals surface area contributed by atoms with Crippen molar-refractivity contribution in [3.05, 3.63) is 52.1 Å². The van der Waals surface area contributed by atoms with Crippen LogP contribution in [0, 0.1) is 15.9 Å². The minimum absolute atomic E-state index is 0.445. The standard InChI is InChI=1S/C11H11FN4O2/c1-13-7-8-4-5-15(14-8)9-2-3-11(16(17)18)10(12)6-9/h2-6,13H,7H2,1H3. The zero-order valence-corrected chi connectivity index (χ0v) is 9.63. The Hall–Kier alpha value is -2.28. The summed E-state index contributed by atoms with van der Waals surface area (Å²) in [5.74, 6) is -0.872. The smallest absolute Gasteiger partial charge is 0.304 e. The third-order valence-electron chi connectivity index (χ3n) is 2.39. The van der Waals surface area contributed by atoms with Crippen LogP contribution in [0.4, 0.5) is 10.1 Å². The predicted octanol–water partition coefficient (Wildman–Crippen LogP) is 1.64. The first-order valence-electron chi connectivity index (χ1n) is 5.25. The lowest BCUT2D eigenvalue weighted by Gasteiger charge is -2.01. The van der Waals surface area contributed by atoms with E-state index in [0.717, 1.165) is 17.8 Å². The molecule has 0 aliphatic carbocycles. The van der Waals surface area contributed by atoms with Gasteiger partial charge < -0.3 is 5.32 Å². The fraction of sp³-hybridized carbons (Fsp3) is 0.182. The molecule has 2 aromatic rings. The number of hydrogen-bond donors (Lipinski definition) is 1. The number of rotatable bonds is 4. The van der Waals surface area contributed by atoms with Crippen LogP contribution in [-0.4, -0.2) is 21.8 Å². The normalized spacial score (nSPS) is 10.6. The fourth-order valence-corrected chi connectivity index (χ4v) is 1.57. The first-order valence-corrected chi connectivity index (χ1v) is 5.25. The minimum atomic E-state index is -0.872. The Labute approximate surface area is 102 Å². The van der Waals surface area contributed by atoms with Gasteiger partial charge in [0.25, 0.3) is 0 Å². The Morgan fingerprint density at radius 1 is 1.50 bits per heavy atom. The van der Waals surface area contributed by atoms with E-state index in [-0.39, 0.29) is 0 Å². The summed E-state index contributed by atoms with van der Waals surface area (Å²) in [6, 6.07) is 5.46. The zero-order valence-electron chi connectivity index (χ0n) is 9.63. The summed E-state index contributed by atoms with van der Waals surface area (Å²) in [4.78, 5) is 9.74. The van der Waals surface area contributed by atoms with E-state index >= 15 is 0 Å². The van der Waals surface area contributed by atoms with Gasteiger partial charge in [-0.15, -0.1) is 0 Å². The number of hydrogen-bond acceptors (Lipinski definition) is 4.